The summed E-state index contributed by atoms with van der Waals surface area (Å²) in [5.41, 5.74) is 2.45. The number of carbonyl (C=O) groups excluding carboxylic acids is 1. The average molecular weight is 387 g/mol. The molecule has 0 spiro atoms. The van der Waals surface area contributed by atoms with E-state index in [0.29, 0.717) is 5.02 Å². The highest BCUT2D eigenvalue weighted by molar-refractivity contribution is 14.1. The van der Waals surface area contributed by atoms with E-state index < -0.39 is 0 Å². The molecule has 0 unspecified atom stereocenters. The quantitative estimate of drug-likeness (QED) is 0.708. The summed E-state index contributed by atoms with van der Waals surface area (Å²) in [6.45, 7) is 1.90. The molecule has 3 nitrogen and oxygen atoms in total. The van der Waals surface area contributed by atoms with E-state index in [9.17, 15) is 4.79 Å². The fraction of sp³-hybridized carbons (Fsp3) is 0.0714. The zero-order chi connectivity index (χ0) is 13.8. The van der Waals surface area contributed by atoms with Gasteiger partial charge in [0.25, 0.3) is 0 Å². The van der Waals surface area contributed by atoms with Crippen LogP contribution in [-0.4, -0.2) is 6.03 Å². The van der Waals surface area contributed by atoms with Gasteiger partial charge in [-0.15, -0.1) is 0 Å². The second kappa shape index (κ2) is 6.25. The molecule has 0 aromatic heterocycles. The maximum absolute atomic E-state index is 11.9. The second-order valence-corrected chi connectivity index (χ2v) is 5.62. The monoisotopic (exact) mass is 386 g/mol. The Balaban J connectivity index is 2.08. The van der Waals surface area contributed by atoms with Gasteiger partial charge in [-0.1, -0.05) is 23.7 Å². The molecule has 0 saturated carbocycles. The van der Waals surface area contributed by atoms with Crippen LogP contribution in [0.4, 0.5) is 16.2 Å². The summed E-state index contributed by atoms with van der Waals surface area (Å²) < 4.78 is 0.989. The number of carbonyl (C=O) groups is 1. The van der Waals surface area contributed by atoms with E-state index in [1.54, 1.807) is 12.1 Å². The highest BCUT2D eigenvalue weighted by Crippen LogP contribution is 2.21. The Morgan fingerprint density at radius 1 is 1.11 bits per heavy atom. The molecule has 0 aliphatic carbocycles. The SMILES string of the molecule is Cc1cc(Cl)ccc1NC(=O)Nc1ccccc1I. The molecule has 0 fully saturated rings. The number of urea groups is 1. The second-order valence-electron chi connectivity index (χ2n) is 4.02. The van der Waals surface area contributed by atoms with Gasteiger partial charge < -0.3 is 10.6 Å². The van der Waals surface area contributed by atoms with Gasteiger partial charge in [-0.2, -0.15) is 0 Å². The summed E-state index contributed by atoms with van der Waals surface area (Å²) in [6.07, 6.45) is 0. The van der Waals surface area contributed by atoms with Crippen molar-refractivity contribution in [3.05, 3.63) is 56.6 Å². The van der Waals surface area contributed by atoms with Crippen molar-refractivity contribution in [3.8, 4) is 0 Å². The van der Waals surface area contributed by atoms with Crippen LogP contribution in [0.1, 0.15) is 5.56 Å². The lowest BCUT2D eigenvalue weighted by Crippen LogP contribution is -2.20. The summed E-state index contributed by atoms with van der Waals surface area (Å²) in [7, 11) is 0. The number of hydrogen-bond donors (Lipinski definition) is 2. The predicted molar refractivity (Wildman–Crippen MR) is 88.0 cm³/mol. The number of benzene rings is 2. The minimum Gasteiger partial charge on any atom is -0.307 e. The lowest BCUT2D eigenvalue weighted by Gasteiger charge is -2.11. The third-order valence-corrected chi connectivity index (χ3v) is 3.73. The molecule has 2 aromatic carbocycles. The van der Waals surface area contributed by atoms with Crippen LogP contribution in [-0.2, 0) is 0 Å². The van der Waals surface area contributed by atoms with E-state index in [2.05, 4.69) is 33.2 Å². The van der Waals surface area contributed by atoms with E-state index in [4.69, 9.17) is 11.6 Å². The lowest BCUT2D eigenvalue weighted by molar-refractivity contribution is 0.262. The van der Waals surface area contributed by atoms with Crippen molar-refractivity contribution >= 4 is 51.6 Å². The van der Waals surface area contributed by atoms with Gasteiger partial charge in [0.05, 0.1) is 5.69 Å². The number of aryl methyl sites for hydroxylation is 1. The lowest BCUT2D eigenvalue weighted by atomic mass is 10.2. The minimum atomic E-state index is -0.269. The van der Waals surface area contributed by atoms with Crippen LogP contribution in [0.5, 0.6) is 0 Å². The van der Waals surface area contributed by atoms with Gasteiger partial charge in [0.15, 0.2) is 0 Å². The molecule has 98 valence electrons. The smallest absolute Gasteiger partial charge is 0.307 e. The molecule has 19 heavy (non-hydrogen) atoms. The van der Waals surface area contributed by atoms with E-state index in [0.717, 1.165) is 20.5 Å². The molecular formula is C14H12ClIN2O. The van der Waals surface area contributed by atoms with Crippen LogP contribution in [0.3, 0.4) is 0 Å². The fourth-order valence-corrected chi connectivity index (χ4v) is 2.35. The number of hydrogen-bond acceptors (Lipinski definition) is 1. The van der Waals surface area contributed by atoms with E-state index in [-0.39, 0.29) is 6.03 Å². The van der Waals surface area contributed by atoms with Gasteiger partial charge in [-0.05, 0) is 65.4 Å². The number of nitrogens with one attached hydrogen (secondary N) is 2. The number of amides is 2. The first-order valence-electron chi connectivity index (χ1n) is 5.65. The highest BCUT2D eigenvalue weighted by Gasteiger charge is 2.06. The summed E-state index contributed by atoms with van der Waals surface area (Å²) in [4.78, 5) is 11.9. The Hall–Kier alpha value is -1.27. The summed E-state index contributed by atoms with van der Waals surface area (Å²) in [5, 5.41) is 6.26. The Labute approximate surface area is 130 Å². The fourth-order valence-electron chi connectivity index (χ4n) is 1.61. The number of halogens is 2. The predicted octanol–water partition coefficient (Wildman–Crippen LogP) is 4.90. The first kappa shape index (κ1) is 14.1. The molecule has 2 aromatic rings. The summed E-state index contributed by atoms with van der Waals surface area (Å²) in [5.74, 6) is 0. The van der Waals surface area contributed by atoms with Gasteiger partial charge in [0.1, 0.15) is 0 Å². The maximum Gasteiger partial charge on any atom is 0.323 e. The zero-order valence-electron chi connectivity index (χ0n) is 10.2. The molecule has 0 saturated heterocycles. The van der Waals surface area contributed by atoms with Gasteiger partial charge in [0.2, 0.25) is 0 Å². The average Bonchev–Trinajstić information content (AvgIpc) is 2.36. The molecule has 2 amide bonds. The first-order valence-corrected chi connectivity index (χ1v) is 7.10. The molecule has 2 N–H and O–H groups in total. The van der Waals surface area contributed by atoms with Crippen molar-refractivity contribution in [2.45, 2.75) is 6.92 Å². The van der Waals surface area contributed by atoms with Crippen molar-refractivity contribution in [2.75, 3.05) is 10.6 Å². The van der Waals surface area contributed by atoms with Gasteiger partial charge >= 0.3 is 6.03 Å². The Bertz CT molecular complexity index is 616. The number of rotatable bonds is 2. The normalized spacial score (nSPS) is 10.1. The van der Waals surface area contributed by atoms with Crippen molar-refractivity contribution in [2.24, 2.45) is 0 Å². The minimum absolute atomic E-state index is 0.269. The van der Waals surface area contributed by atoms with Crippen LogP contribution in [0.2, 0.25) is 5.02 Å². The molecule has 0 radical (unpaired) electrons. The van der Waals surface area contributed by atoms with Crippen LogP contribution >= 0.6 is 34.2 Å². The highest BCUT2D eigenvalue weighted by atomic mass is 127. The number of para-hydroxylation sites is 1. The molecule has 5 heteroatoms. The maximum atomic E-state index is 11.9. The first-order chi connectivity index (χ1) is 9.06. The third kappa shape index (κ3) is 3.84. The summed E-state index contributed by atoms with van der Waals surface area (Å²) in [6, 6.07) is 12.7. The van der Waals surface area contributed by atoms with Gasteiger partial charge in [-0.3, -0.25) is 0 Å². The van der Waals surface area contributed by atoms with E-state index in [1.807, 2.05) is 37.3 Å². The van der Waals surface area contributed by atoms with Crippen molar-refractivity contribution < 1.29 is 4.79 Å². The van der Waals surface area contributed by atoms with Gasteiger partial charge in [0, 0.05) is 14.3 Å². The van der Waals surface area contributed by atoms with Crippen LogP contribution in [0.25, 0.3) is 0 Å². The molecular weight excluding hydrogens is 375 g/mol. The van der Waals surface area contributed by atoms with Crippen LogP contribution in [0.15, 0.2) is 42.5 Å². The standard InChI is InChI=1S/C14H12ClIN2O/c1-9-8-10(15)6-7-12(9)17-14(19)18-13-5-3-2-4-11(13)16/h2-8H,1H3,(H2,17,18,19). The largest absolute Gasteiger partial charge is 0.323 e. The Morgan fingerprint density at radius 3 is 2.47 bits per heavy atom. The van der Waals surface area contributed by atoms with E-state index >= 15 is 0 Å². The van der Waals surface area contributed by atoms with Crippen molar-refractivity contribution in [1.29, 1.82) is 0 Å². The van der Waals surface area contributed by atoms with Gasteiger partial charge in [-0.25, -0.2) is 4.79 Å². The molecule has 0 atom stereocenters. The van der Waals surface area contributed by atoms with Crippen LogP contribution in [0, 0.1) is 10.5 Å². The Morgan fingerprint density at radius 2 is 1.79 bits per heavy atom. The number of anilines is 2. The topological polar surface area (TPSA) is 41.1 Å². The Kier molecular flexibility index (Phi) is 4.66. The third-order valence-electron chi connectivity index (χ3n) is 2.56. The van der Waals surface area contributed by atoms with Crippen molar-refractivity contribution in [3.63, 3.8) is 0 Å². The van der Waals surface area contributed by atoms with E-state index in [1.165, 1.54) is 0 Å². The molecule has 0 aliphatic rings. The molecule has 0 aliphatic heterocycles. The van der Waals surface area contributed by atoms with Crippen LogP contribution < -0.4 is 10.6 Å². The summed E-state index contributed by atoms with van der Waals surface area (Å²) >= 11 is 8.05. The molecule has 2 rings (SSSR count). The molecule has 0 heterocycles. The van der Waals surface area contributed by atoms with Crippen molar-refractivity contribution in [1.82, 2.24) is 0 Å². The molecule has 0 bridgehead atoms. The zero-order valence-corrected chi connectivity index (χ0v) is 13.1.